The molecule has 6 nitrogen and oxygen atoms in total. The lowest BCUT2D eigenvalue weighted by atomic mass is 10.0. The van der Waals surface area contributed by atoms with Gasteiger partial charge in [0.05, 0.1) is 0 Å². The topological polar surface area (TPSA) is 83.1 Å². The minimum atomic E-state index is 0.986. The second kappa shape index (κ2) is 6.92. The van der Waals surface area contributed by atoms with Crippen LogP contribution >= 0.6 is 0 Å². The van der Waals surface area contributed by atoms with Gasteiger partial charge in [-0.1, -0.05) is 18.2 Å². The van der Waals surface area contributed by atoms with Crippen LogP contribution in [0.5, 0.6) is 0 Å². The zero-order valence-electron chi connectivity index (χ0n) is 14.9. The number of H-pyrrole nitrogens is 2. The number of aromatic amines is 2. The highest BCUT2D eigenvalue weighted by Gasteiger charge is 2.08. The Morgan fingerprint density at radius 1 is 0.500 bits per heavy atom. The van der Waals surface area contributed by atoms with Crippen LogP contribution in [0, 0.1) is 0 Å². The predicted octanol–water partition coefficient (Wildman–Crippen LogP) is 4.59. The first-order chi connectivity index (χ1) is 13.9. The van der Waals surface area contributed by atoms with Gasteiger partial charge in [-0.25, -0.2) is 19.9 Å². The molecule has 5 rings (SSSR count). The van der Waals surface area contributed by atoms with Crippen LogP contribution in [0.25, 0.3) is 44.8 Å². The van der Waals surface area contributed by atoms with E-state index in [-0.39, 0.29) is 0 Å². The van der Waals surface area contributed by atoms with E-state index in [2.05, 4.69) is 66.3 Å². The van der Waals surface area contributed by atoms with E-state index in [0.29, 0.717) is 0 Å². The molecule has 134 valence electrons. The van der Waals surface area contributed by atoms with E-state index < -0.39 is 0 Å². The van der Waals surface area contributed by atoms with Crippen LogP contribution in [0.4, 0.5) is 0 Å². The first-order valence-corrected chi connectivity index (χ1v) is 8.85. The Bertz CT molecular complexity index is 1120. The standard InChI is InChI=1S/C22H16N6/c1-2-15(21-5-17(11-27-21)19-7-23-13-24-8-19)4-16(3-1)22-6-18(12-28-22)20-9-25-14-26-10-20/h1-14,27-28H. The maximum absolute atomic E-state index is 4.09. The Kier molecular flexibility index (Phi) is 3.99. The maximum atomic E-state index is 4.09. The summed E-state index contributed by atoms with van der Waals surface area (Å²) < 4.78 is 0. The normalized spacial score (nSPS) is 10.9. The number of hydrogen-bond acceptors (Lipinski definition) is 4. The summed E-state index contributed by atoms with van der Waals surface area (Å²) in [5.41, 5.74) is 8.41. The summed E-state index contributed by atoms with van der Waals surface area (Å²) in [5, 5.41) is 0. The van der Waals surface area contributed by atoms with Crippen LogP contribution in [-0.4, -0.2) is 29.9 Å². The van der Waals surface area contributed by atoms with Crippen LogP contribution in [0.2, 0.25) is 0 Å². The fourth-order valence-corrected chi connectivity index (χ4v) is 3.21. The largest absolute Gasteiger partial charge is 0.361 e. The molecule has 2 N–H and O–H groups in total. The highest BCUT2D eigenvalue weighted by atomic mass is 14.8. The molecule has 0 atom stereocenters. The van der Waals surface area contributed by atoms with Crippen LogP contribution in [0.3, 0.4) is 0 Å². The minimum absolute atomic E-state index is 0.986. The molecule has 4 heterocycles. The van der Waals surface area contributed by atoms with E-state index in [1.54, 1.807) is 0 Å². The Morgan fingerprint density at radius 2 is 0.964 bits per heavy atom. The minimum Gasteiger partial charge on any atom is -0.361 e. The summed E-state index contributed by atoms with van der Waals surface area (Å²) >= 11 is 0. The second-order valence-electron chi connectivity index (χ2n) is 6.44. The summed E-state index contributed by atoms with van der Waals surface area (Å²) in [7, 11) is 0. The van der Waals surface area contributed by atoms with Crippen LogP contribution in [0.15, 0.2) is 86.2 Å². The van der Waals surface area contributed by atoms with Crippen LogP contribution in [0.1, 0.15) is 0 Å². The highest BCUT2D eigenvalue weighted by Crippen LogP contribution is 2.30. The fourth-order valence-electron chi connectivity index (χ4n) is 3.21. The third kappa shape index (κ3) is 3.07. The van der Waals surface area contributed by atoms with Gasteiger partial charge in [0, 0.05) is 70.8 Å². The molecule has 0 amide bonds. The number of nitrogens with one attached hydrogen (secondary N) is 2. The smallest absolute Gasteiger partial charge is 0.115 e. The van der Waals surface area contributed by atoms with Crippen molar-refractivity contribution in [3.8, 4) is 44.8 Å². The zero-order valence-corrected chi connectivity index (χ0v) is 14.9. The highest BCUT2D eigenvalue weighted by molar-refractivity contribution is 5.76. The van der Waals surface area contributed by atoms with Crippen molar-refractivity contribution in [3.05, 3.63) is 86.2 Å². The fraction of sp³-hybridized carbons (Fsp3) is 0. The molecule has 1 aromatic carbocycles. The molecule has 0 aliphatic carbocycles. The van der Waals surface area contributed by atoms with E-state index in [1.807, 2.05) is 37.2 Å². The van der Waals surface area contributed by atoms with Gasteiger partial charge in [-0.2, -0.15) is 0 Å². The van der Waals surface area contributed by atoms with E-state index in [0.717, 1.165) is 44.8 Å². The molecule has 0 radical (unpaired) electrons. The molecular weight excluding hydrogens is 348 g/mol. The molecule has 0 aliphatic heterocycles. The van der Waals surface area contributed by atoms with Crippen LogP contribution < -0.4 is 0 Å². The van der Waals surface area contributed by atoms with Gasteiger partial charge in [-0.05, 0) is 29.3 Å². The molecule has 0 unspecified atom stereocenters. The summed E-state index contributed by atoms with van der Waals surface area (Å²) in [4.78, 5) is 23.0. The monoisotopic (exact) mass is 364 g/mol. The Hall–Kier alpha value is -4.06. The molecule has 0 spiro atoms. The zero-order chi connectivity index (χ0) is 18.8. The van der Waals surface area contributed by atoms with Crippen molar-refractivity contribution in [1.29, 1.82) is 0 Å². The third-order valence-corrected chi connectivity index (χ3v) is 4.64. The molecule has 28 heavy (non-hydrogen) atoms. The van der Waals surface area contributed by atoms with Crippen LogP contribution in [-0.2, 0) is 0 Å². The molecule has 5 aromatic rings. The summed E-state index contributed by atoms with van der Waals surface area (Å²) in [6.07, 6.45) is 14.3. The Morgan fingerprint density at radius 3 is 1.43 bits per heavy atom. The molecule has 0 saturated heterocycles. The number of rotatable bonds is 4. The van der Waals surface area contributed by atoms with Gasteiger partial charge >= 0.3 is 0 Å². The molecule has 0 fully saturated rings. The van der Waals surface area contributed by atoms with E-state index in [1.165, 1.54) is 12.7 Å². The molecule has 4 aromatic heterocycles. The average Bonchev–Trinajstić information content (AvgIpc) is 3.46. The van der Waals surface area contributed by atoms with Gasteiger partial charge < -0.3 is 9.97 Å². The Labute approximate surface area is 161 Å². The van der Waals surface area contributed by atoms with Crippen molar-refractivity contribution in [2.75, 3.05) is 0 Å². The van der Waals surface area contributed by atoms with Gasteiger partial charge in [-0.15, -0.1) is 0 Å². The van der Waals surface area contributed by atoms with Gasteiger partial charge in [0.1, 0.15) is 12.7 Å². The summed E-state index contributed by atoms with van der Waals surface area (Å²) in [5.74, 6) is 0. The molecule has 0 saturated carbocycles. The van der Waals surface area contributed by atoms with Gasteiger partial charge in [-0.3, -0.25) is 0 Å². The molecule has 6 heteroatoms. The lowest BCUT2D eigenvalue weighted by Crippen LogP contribution is -1.81. The maximum Gasteiger partial charge on any atom is 0.115 e. The van der Waals surface area contributed by atoms with Gasteiger partial charge in [0.25, 0.3) is 0 Å². The van der Waals surface area contributed by atoms with Crippen molar-refractivity contribution in [2.45, 2.75) is 0 Å². The Balaban J connectivity index is 1.46. The summed E-state index contributed by atoms with van der Waals surface area (Å²) in [6.45, 7) is 0. The average molecular weight is 364 g/mol. The predicted molar refractivity (Wildman–Crippen MR) is 108 cm³/mol. The molecule has 0 aliphatic rings. The first-order valence-electron chi connectivity index (χ1n) is 8.85. The van der Waals surface area contributed by atoms with Crippen molar-refractivity contribution in [1.82, 2.24) is 29.9 Å². The van der Waals surface area contributed by atoms with Crippen molar-refractivity contribution in [2.24, 2.45) is 0 Å². The van der Waals surface area contributed by atoms with Crippen molar-refractivity contribution in [3.63, 3.8) is 0 Å². The molecule has 0 bridgehead atoms. The number of benzene rings is 1. The number of nitrogens with zero attached hydrogens (tertiary/aromatic N) is 4. The number of hydrogen-bond donors (Lipinski definition) is 2. The lowest BCUT2D eigenvalue weighted by molar-refractivity contribution is 1.17. The van der Waals surface area contributed by atoms with Crippen molar-refractivity contribution >= 4 is 0 Å². The number of aromatic nitrogens is 6. The lowest BCUT2D eigenvalue weighted by Gasteiger charge is -2.02. The van der Waals surface area contributed by atoms with E-state index in [4.69, 9.17) is 0 Å². The molecular formula is C22H16N6. The van der Waals surface area contributed by atoms with Gasteiger partial charge in [0.2, 0.25) is 0 Å². The second-order valence-corrected chi connectivity index (χ2v) is 6.44. The van der Waals surface area contributed by atoms with Gasteiger partial charge in [0.15, 0.2) is 0 Å². The van der Waals surface area contributed by atoms with E-state index >= 15 is 0 Å². The SMILES string of the molecule is c1cc(-c2cc(-c3cncnc3)c[nH]2)cc(-c2cc(-c3cncnc3)c[nH]2)c1. The summed E-state index contributed by atoms with van der Waals surface area (Å²) in [6, 6.07) is 12.6. The van der Waals surface area contributed by atoms with E-state index in [9.17, 15) is 0 Å². The first kappa shape index (κ1) is 16.1. The quantitative estimate of drug-likeness (QED) is 0.488. The third-order valence-electron chi connectivity index (χ3n) is 4.64. The van der Waals surface area contributed by atoms with Crippen molar-refractivity contribution < 1.29 is 0 Å².